The lowest BCUT2D eigenvalue weighted by Crippen LogP contribution is -2.26. The van der Waals surface area contributed by atoms with Gasteiger partial charge in [0.15, 0.2) is 0 Å². The lowest BCUT2D eigenvalue weighted by atomic mass is 9.96. The van der Waals surface area contributed by atoms with E-state index in [2.05, 4.69) is 12.1 Å². The second-order valence-electron chi connectivity index (χ2n) is 4.03. The molecule has 2 aliphatic carbocycles. The van der Waals surface area contributed by atoms with E-state index >= 15 is 0 Å². The van der Waals surface area contributed by atoms with Crippen LogP contribution in [0.3, 0.4) is 0 Å². The van der Waals surface area contributed by atoms with E-state index in [-0.39, 0.29) is 0 Å². The smallest absolute Gasteiger partial charge is 0.116 e. The minimum atomic E-state index is 0.323. The maximum Gasteiger partial charge on any atom is 0.116 e. The Morgan fingerprint density at radius 1 is 1.06 bits per heavy atom. The van der Waals surface area contributed by atoms with E-state index in [0.29, 0.717) is 5.76 Å². The highest BCUT2D eigenvalue weighted by Gasteiger charge is 2.09. The van der Waals surface area contributed by atoms with Crippen molar-refractivity contribution in [3.05, 3.63) is 70.3 Å². The SMILES string of the molecule is OC1=CC2=CC=CCC2=c2ccccc2=C1. The fourth-order valence-corrected chi connectivity index (χ4v) is 2.23. The van der Waals surface area contributed by atoms with Gasteiger partial charge in [-0.05, 0) is 40.2 Å². The van der Waals surface area contributed by atoms with Crippen LogP contribution in [0.4, 0.5) is 0 Å². The Morgan fingerprint density at radius 3 is 2.88 bits per heavy atom. The van der Waals surface area contributed by atoms with Crippen LogP contribution in [0, 0.1) is 0 Å². The van der Waals surface area contributed by atoms with Gasteiger partial charge in [0.2, 0.25) is 0 Å². The van der Waals surface area contributed by atoms with Crippen LogP contribution >= 0.6 is 0 Å². The Balaban J connectivity index is 2.46. The van der Waals surface area contributed by atoms with E-state index in [1.807, 2.05) is 42.5 Å². The van der Waals surface area contributed by atoms with Crippen LogP contribution in [0.5, 0.6) is 0 Å². The Bertz CT molecular complexity index is 642. The first-order chi connectivity index (χ1) is 7.84. The molecule has 0 saturated heterocycles. The number of benzene rings is 1. The van der Waals surface area contributed by atoms with Crippen LogP contribution in [0.25, 0.3) is 11.6 Å². The second-order valence-corrected chi connectivity index (χ2v) is 4.03. The Morgan fingerprint density at radius 2 is 1.94 bits per heavy atom. The van der Waals surface area contributed by atoms with Crippen LogP contribution in [-0.2, 0) is 0 Å². The summed E-state index contributed by atoms with van der Waals surface area (Å²) in [6.45, 7) is 0. The first-order valence-corrected chi connectivity index (χ1v) is 5.42. The Labute approximate surface area is 94.1 Å². The lowest BCUT2D eigenvalue weighted by molar-refractivity contribution is 0.441. The topological polar surface area (TPSA) is 20.2 Å². The Hall–Kier alpha value is -2.02. The monoisotopic (exact) mass is 208 g/mol. The summed E-state index contributed by atoms with van der Waals surface area (Å²) in [5.41, 5.74) is 2.40. The third-order valence-electron chi connectivity index (χ3n) is 2.97. The fraction of sp³-hybridized carbons (Fsp3) is 0.0667. The van der Waals surface area contributed by atoms with Gasteiger partial charge in [0.05, 0.1) is 0 Å². The molecule has 1 aromatic carbocycles. The highest BCUT2D eigenvalue weighted by atomic mass is 16.3. The van der Waals surface area contributed by atoms with Crippen molar-refractivity contribution in [3.8, 4) is 0 Å². The highest BCUT2D eigenvalue weighted by Crippen LogP contribution is 2.22. The molecule has 0 aromatic heterocycles. The molecule has 0 spiro atoms. The number of aliphatic hydroxyl groups is 1. The van der Waals surface area contributed by atoms with Crippen LogP contribution in [0.15, 0.2) is 59.9 Å². The second kappa shape index (κ2) is 3.53. The van der Waals surface area contributed by atoms with E-state index < -0.39 is 0 Å². The van der Waals surface area contributed by atoms with Crippen molar-refractivity contribution < 1.29 is 5.11 Å². The quantitative estimate of drug-likeness (QED) is 0.691. The number of hydrogen-bond donors (Lipinski definition) is 1. The van der Waals surface area contributed by atoms with Gasteiger partial charge in [0, 0.05) is 0 Å². The summed E-state index contributed by atoms with van der Waals surface area (Å²) in [5.74, 6) is 0.323. The standard InChI is InChI=1S/C15H12O/c16-13-9-11-5-1-3-7-14(11)15-8-4-2-6-12(15)10-13/h1-7,9-10,16H,8H2. The molecule has 1 N–H and O–H groups in total. The molecule has 0 unspecified atom stereocenters. The first kappa shape index (κ1) is 9.22. The van der Waals surface area contributed by atoms with Gasteiger partial charge < -0.3 is 5.11 Å². The number of hydrogen-bond acceptors (Lipinski definition) is 1. The van der Waals surface area contributed by atoms with Crippen molar-refractivity contribution in [2.75, 3.05) is 0 Å². The van der Waals surface area contributed by atoms with Gasteiger partial charge in [0.25, 0.3) is 0 Å². The van der Waals surface area contributed by atoms with Crippen molar-refractivity contribution in [3.63, 3.8) is 0 Å². The van der Waals surface area contributed by atoms with E-state index in [1.165, 1.54) is 10.8 Å². The van der Waals surface area contributed by atoms with Gasteiger partial charge in [-0.1, -0.05) is 42.5 Å². The molecule has 0 saturated carbocycles. The summed E-state index contributed by atoms with van der Waals surface area (Å²) in [6, 6.07) is 8.18. The summed E-state index contributed by atoms with van der Waals surface area (Å²) >= 11 is 0. The largest absolute Gasteiger partial charge is 0.508 e. The van der Waals surface area contributed by atoms with Gasteiger partial charge in [-0.25, -0.2) is 0 Å². The molecule has 1 nitrogen and oxygen atoms in total. The minimum absolute atomic E-state index is 0.323. The predicted molar refractivity (Wildman–Crippen MR) is 66.1 cm³/mol. The predicted octanol–water partition coefficient (Wildman–Crippen LogP) is 1.96. The number of allylic oxidation sites excluding steroid dienone is 6. The molecule has 0 heterocycles. The van der Waals surface area contributed by atoms with Gasteiger partial charge in [-0.15, -0.1) is 0 Å². The third kappa shape index (κ3) is 1.41. The average Bonchev–Trinajstić information content (AvgIpc) is 2.44. The molecule has 0 aliphatic heterocycles. The normalized spacial score (nSPS) is 17.6. The molecule has 3 rings (SSSR count). The summed E-state index contributed by atoms with van der Waals surface area (Å²) < 4.78 is 0. The highest BCUT2D eigenvalue weighted by molar-refractivity contribution is 5.75. The minimum Gasteiger partial charge on any atom is -0.508 e. The maximum atomic E-state index is 9.80. The zero-order valence-corrected chi connectivity index (χ0v) is 8.85. The van der Waals surface area contributed by atoms with Gasteiger partial charge >= 0.3 is 0 Å². The van der Waals surface area contributed by atoms with E-state index in [1.54, 1.807) is 0 Å². The molecular weight excluding hydrogens is 196 g/mol. The Kier molecular flexibility index (Phi) is 2.03. The summed E-state index contributed by atoms with van der Waals surface area (Å²) in [7, 11) is 0. The number of rotatable bonds is 0. The molecular formula is C15H12O. The molecule has 0 fully saturated rings. The molecule has 78 valence electrons. The molecule has 16 heavy (non-hydrogen) atoms. The first-order valence-electron chi connectivity index (χ1n) is 5.42. The zero-order valence-electron chi connectivity index (χ0n) is 8.85. The molecule has 0 atom stereocenters. The summed E-state index contributed by atoms with van der Waals surface area (Å²) in [4.78, 5) is 0. The molecule has 1 heteroatoms. The van der Waals surface area contributed by atoms with Crippen LogP contribution in [-0.4, -0.2) is 5.11 Å². The van der Waals surface area contributed by atoms with Crippen LogP contribution < -0.4 is 10.4 Å². The molecule has 0 amide bonds. The van der Waals surface area contributed by atoms with Gasteiger partial charge in [0.1, 0.15) is 5.76 Å². The van der Waals surface area contributed by atoms with E-state index in [4.69, 9.17) is 0 Å². The van der Waals surface area contributed by atoms with Crippen molar-refractivity contribution in [1.82, 2.24) is 0 Å². The molecule has 1 aromatic rings. The summed E-state index contributed by atoms with van der Waals surface area (Å²) in [6.07, 6.45) is 10.8. The van der Waals surface area contributed by atoms with Crippen LogP contribution in [0.1, 0.15) is 6.42 Å². The molecule has 0 bridgehead atoms. The van der Waals surface area contributed by atoms with Crippen molar-refractivity contribution in [2.45, 2.75) is 6.42 Å². The maximum absolute atomic E-state index is 9.80. The average molecular weight is 208 g/mol. The van der Waals surface area contributed by atoms with E-state index in [0.717, 1.165) is 17.2 Å². The van der Waals surface area contributed by atoms with Crippen molar-refractivity contribution in [2.24, 2.45) is 0 Å². The third-order valence-corrected chi connectivity index (χ3v) is 2.97. The van der Waals surface area contributed by atoms with Crippen LogP contribution in [0.2, 0.25) is 0 Å². The number of fused-ring (bicyclic) bond motifs is 2. The van der Waals surface area contributed by atoms with E-state index in [9.17, 15) is 5.11 Å². The van der Waals surface area contributed by atoms with Crippen molar-refractivity contribution in [1.29, 1.82) is 0 Å². The summed E-state index contributed by atoms with van der Waals surface area (Å²) in [5, 5.41) is 12.1. The number of aliphatic hydroxyl groups excluding tert-OH is 1. The van der Waals surface area contributed by atoms with Gasteiger partial charge in [-0.3, -0.25) is 0 Å². The zero-order chi connectivity index (χ0) is 11.0. The lowest BCUT2D eigenvalue weighted by Gasteiger charge is -2.09. The molecule has 2 aliphatic rings. The molecule has 0 radical (unpaired) electrons. The van der Waals surface area contributed by atoms with Gasteiger partial charge in [-0.2, -0.15) is 0 Å². The van der Waals surface area contributed by atoms with Crippen molar-refractivity contribution >= 4 is 11.6 Å². The fourth-order valence-electron chi connectivity index (χ4n) is 2.23.